The van der Waals surface area contributed by atoms with E-state index in [0.717, 1.165) is 10.0 Å². The summed E-state index contributed by atoms with van der Waals surface area (Å²) in [6.45, 7) is 7.84. The highest BCUT2D eigenvalue weighted by Crippen LogP contribution is 2.38. The number of aliphatic hydroxyl groups is 1. The minimum absolute atomic E-state index is 0.00402. The molecular weight excluding hydrogens is 510 g/mol. The first-order valence-corrected chi connectivity index (χ1v) is 11.8. The number of ether oxygens (including phenoxy) is 1. The number of carbonyl (C=O) groups excluding carboxylic acids is 1. The number of hydrogen-bond donors (Lipinski definition) is 3. The zero-order valence-corrected chi connectivity index (χ0v) is 21.3. The van der Waals surface area contributed by atoms with Crippen molar-refractivity contribution in [3.63, 3.8) is 0 Å². The molecule has 1 aliphatic heterocycles. The first-order chi connectivity index (χ1) is 16.9. The van der Waals surface area contributed by atoms with E-state index in [-0.39, 0.29) is 23.6 Å². The number of aromatic hydroxyl groups is 1. The predicted octanol–water partition coefficient (Wildman–Crippen LogP) is 5.62. The Hall–Kier alpha value is -3.96. The third-order valence-corrected chi connectivity index (χ3v) is 5.78. The molecule has 35 heavy (non-hydrogen) atoms. The lowest BCUT2D eigenvalue weighted by Gasteiger charge is -2.34. The van der Waals surface area contributed by atoms with Gasteiger partial charge in [0, 0.05) is 16.5 Å². The number of halogens is 1. The van der Waals surface area contributed by atoms with E-state index in [9.17, 15) is 15.0 Å². The molecule has 8 heteroatoms. The number of aliphatic hydroxyl groups excluding tert-OH is 1. The summed E-state index contributed by atoms with van der Waals surface area (Å²) in [7, 11) is 1.53. The molecule has 1 aliphatic carbocycles. The third-order valence-electron chi connectivity index (χ3n) is 5.25. The van der Waals surface area contributed by atoms with E-state index in [4.69, 9.17) is 4.74 Å². The van der Waals surface area contributed by atoms with Crippen LogP contribution in [0.5, 0.6) is 11.5 Å². The van der Waals surface area contributed by atoms with Crippen molar-refractivity contribution in [2.24, 2.45) is 5.10 Å². The highest BCUT2D eigenvalue weighted by Gasteiger charge is 2.34. The van der Waals surface area contributed by atoms with E-state index < -0.39 is 11.9 Å². The quantitative estimate of drug-likeness (QED) is 0.349. The Morgan fingerprint density at radius 1 is 1.14 bits per heavy atom. The van der Waals surface area contributed by atoms with E-state index >= 15 is 0 Å². The summed E-state index contributed by atoms with van der Waals surface area (Å²) in [5.41, 5.74) is 10.5. The maximum absolute atomic E-state index is 13.4. The van der Waals surface area contributed by atoms with E-state index in [2.05, 4.69) is 44.5 Å². The van der Waals surface area contributed by atoms with Crippen LogP contribution in [-0.4, -0.2) is 33.8 Å². The van der Waals surface area contributed by atoms with E-state index in [0.29, 0.717) is 22.7 Å². The molecule has 180 valence electrons. The number of benzene rings is 2. The standard InChI is InChI=1S/C25H20BrN3O4.C2H6/c1-15-25(32)29(18-7-9-19(30)10-8-18)23(21-13-20(33-2)11-12-24(21)31)14-22(28-27-15)16-3-5-17(26)6-4-16;1-2/h3-7,9,11-13,23,27,30-31H,1,14H2,2H3;1-2H3/b28-22+;. The summed E-state index contributed by atoms with van der Waals surface area (Å²) in [6.07, 6.45) is 3.22. The number of carbonyl (C=O) groups is 1. The van der Waals surface area contributed by atoms with Crippen molar-refractivity contribution in [1.29, 1.82) is 0 Å². The molecule has 1 atom stereocenters. The summed E-state index contributed by atoms with van der Waals surface area (Å²) >= 11 is 3.44. The summed E-state index contributed by atoms with van der Waals surface area (Å²) in [6, 6.07) is 11.8. The van der Waals surface area contributed by atoms with Crippen molar-refractivity contribution in [2.75, 3.05) is 7.11 Å². The molecule has 2 aliphatic rings. The van der Waals surface area contributed by atoms with Gasteiger partial charge in [0.2, 0.25) is 0 Å². The van der Waals surface area contributed by atoms with Gasteiger partial charge in [-0.1, -0.05) is 48.5 Å². The molecule has 0 fully saturated rings. The van der Waals surface area contributed by atoms with Crippen molar-refractivity contribution in [1.82, 2.24) is 10.3 Å². The van der Waals surface area contributed by atoms with Gasteiger partial charge in [-0.25, -0.2) is 0 Å². The van der Waals surface area contributed by atoms with Crippen LogP contribution in [0.1, 0.15) is 37.4 Å². The monoisotopic (exact) mass is 535 g/mol. The average molecular weight is 536 g/mol. The number of phenols is 1. The highest BCUT2D eigenvalue weighted by atomic mass is 79.9. The van der Waals surface area contributed by atoms with Crippen molar-refractivity contribution in [3.8, 4) is 11.5 Å². The number of phenolic OH excluding ortho intramolecular Hbond substituents is 1. The SMILES string of the molecule is C=C1N/N=C(/c2ccc(Br)cc2)CC(c2cc(OC)ccc2O)N(C2=C=C=C(O)C=C2)C1=O.CC. The number of rotatable bonds is 4. The van der Waals surface area contributed by atoms with Crippen LogP contribution < -0.4 is 10.2 Å². The molecule has 0 radical (unpaired) electrons. The fraction of sp³-hybridized carbons (Fsp3) is 0.185. The second-order valence-electron chi connectivity index (χ2n) is 7.33. The summed E-state index contributed by atoms with van der Waals surface area (Å²) in [5.74, 6) is -0.0440. The Balaban J connectivity index is 0.00000167. The highest BCUT2D eigenvalue weighted by molar-refractivity contribution is 9.10. The smallest absolute Gasteiger partial charge is 0.276 e. The van der Waals surface area contributed by atoms with Crippen molar-refractivity contribution in [2.45, 2.75) is 26.3 Å². The second kappa shape index (κ2) is 11.4. The molecule has 1 amide bonds. The third kappa shape index (κ3) is 5.76. The van der Waals surface area contributed by atoms with Crippen molar-refractivity contribution in [3.05, 3.63) is 105 Å². The lowest BCUT2D eigenvalue weighted by molar-refractivity contribution is -0.127. The van der Waals surface area contributed by atoms with Gasteiger partial charge in [0.15, 0.2) is 5.76 Å². The molecule has 0 aromatic heterocycles. The minimum atomic E-state index is -0.692. The molecule has 7 nitrogen and oxygen atoms in total. The Morgan fingerprint density at radius 3 is 2.49 bits per heavy atom. The first kappa shape index (κ1) is 25.7. The van der Waals surface area contributed by atoms with Crippen LogP contribution >= 0.6 is 15.9 Å². The van der Waals surface area contributed by atoms with E-state index in [1.807, 2.05) is 38.1 Å². The Morgan fingerprint density at radius 2 is 1.86 bits per heavy atom. The van der Waals surface area contributed by atoms with Crippen LogP contribution in [0, 0.1) is 0 Å². The Kier molecular flexibility index (Phi) is 8.39. The molecule has 1 unspecified atom stereocenters. The average Bonchev–Trinajstić information content (AvgIpc) is 2.88. The number of hydrogen-bond acceptors (Lipinski definition) is 6. The zero-order chi connectivity index (χ0) is 25.5. The number of hydrazone groups is 1. The molecule has 0 spiro atoms. The van der Waals surface area contributed by atoms with Crippen molar-refractivity contribution < 1.29 is 19.7 Å². The predicted molar refractivity (Wildman–Crippen MR) is 139 cm³/mol. The molecular formula is C27H26BrN3O4. The molecule has 3 N–H and O–H groups in total. The zero-order valence-electron chi connectivity index (χ0n) is 19.7. The second-order valence-corrected chi connectivity index (χ2v) is 8.25. The van der Waals surface area contributed by atoms with E-state index in [1.165, 1.54) is 24.2 Å². The maximum atomic E-state index is 13.4. The van der Waals surface area contributed by atoms with Gasteiger partial charge in [-0.3, -0.25) is 15.1 Å². The summed E-state index contributed by atoms with van der Waals surface area (Å²) in [4.78, 5) is 14.9. The molecule has 1 heterocycles. The lowest BCUT2D eigenvalue weighted by atomic mass is 9.93. The summed E-state index contributed by atoms with van der Waals surface area (Å²) in [5, 5.41) is 24.9. The van der Waals surface area contributed by atoms with Crippen molar-refractivity contribution >= 4 is 27.5 Å². The van der Waals surface area contributed by atoms with Gasteiger partial charge in [0.25, 0.3) is 5.91 Å². The minimum Gasteiger partial charge on any atom is -0.508 e. The van der Waals surface area contributed by atoms with Gasteiger partial charge in [0.1, 0.15) is 17.2 Å². The van der Waals surface area contributed by atoms with Crippen LogP contribution in [0.2, 0.25) is 0 Å². The molecule has 0 saturated heterocycles. The number of amides is 1. The maximum Gasteiger partial charge on any atom is 0.276 e. The molecule has 2 aromatic rings. The Bertz CT molecular complexity index is 1300. The number of nitrogens with zero attached hydrogens (tertiary/aromatic N) is 2. The first-order valence-electron chi connectivity index (χ1n) is 11.0. The van der Waals surface area contributed by atoms with Gasteiger partial charge in [-0.2, -0.15) is 5.10 Å². The molecule has 2 aromatic carbocycles. The van der Waals surface area contributed by atoms with Gasteiger partial charge in [-0.15, -0.1) is 0 Å². The van der Waals surface area contributed by atoms with Crippen LogP contribution in [-0.2, 0) is 4.79 Å². The fourth-order valence-corrected chi connectivity index (χ4v) is 3.84. The largest absolute Gasteiger partial charge is 0.508 e. The normalized spacial score (nSPS) is 18.7. The lowest BCUT2D eigenvalue weighted by Crippen LogP contribution is -2.40. The van der Waals surface area contributed by atoms with Gasteiger partial charge < -0.3 is 14.9 Å². The van der Waals surface area contributed by atoms with Crippen LogP contribution in [0.4, 0.5) is 0 Å². The number of allylic oxidation sites excluding steroid dienone is 2. The van der Waals surface area contributed by atoms with E-state index in [1.54, 1.807) is 18.2 Å². The topological polar surface area (TPSA) is 94.4 Å². The summed E-state index contributed by atoms with van der Waals surface area (Å²) < 4.78 is 6.28. The van der Waals surface area contributed by atoms with Gasteiger partial charge in [0.05, 0.1) is 24.6 Å². The van der Waals surface area contributed by atoms with Gasteiger partial charge in [-0.05, 0) is 59.5 Å². The van der Waals surface area contributed by atoms with Crippen LogP contribution in [0.25, 0.3) is 0 Å². The Labute approximate surface area is 212 Å². The van der Waals surface area contributed by atoms with Gasteiger partial charge >= 0.3 is 0 Å². The fourth-order valence-electron chi connectivity index (χ4n) is 3.58. The number of methoxy groups -OCH3 is 1. The number of nitrogens with one attached hydrogen (secondary N) is 1. The molecule has 4 rings (SSSR count). The molecule has 0 saturated carbocycles. The molecule has 0 bridgehead atoms. The van der Waals surface area contributed by atoms with Crippen LogP contribution in [0.3, 0.4) is 0 Å². The van der Waals surface area contributed by atoms with Crippen LogP contribution in [0.15, 0.2) is 99.4 Å².